The number of nitrogens with one attached hydrogen (secondary N) is 1. The molecular weight excluding hydrogens is 272 g/mol. The summed E-state index contributed by atoms with van der Waals surface area (Å²) in [5.74, 6) is -1.55. The Morgan fingerprint density at radius 3 is 2.53 bits per heavy atom. The molecule has 0 aliphatic carbocycles. The van der Waals surface area contributed by atoms with Crippen LogP contribution in [-0.2, 0) is 16.0 Å². The van der Waals surface area contributed by atoms with E-state index in [1.54, 1.807) is 20.8 Å². The number of amides is 1. The third kappa shape index (κ3) is 4.24. The van der Waals surface area contributed by atoms with E-state index in [9.17, 15) is 9.59 Å². The average Bonchev–Trinajstić information content (AvgIpc) is 2.62. The van der Waals surface area contributed by atoms with Crippen molar-refractivity contribution >= 4 is 23.5 Å². The summed E-state index contributed by atoms with van der Waals surface area (Å²) in [7, 11) is 0. The van der Waals surface area contributed by atoms with Gasteiger partial charge < -0.3 is 14.9 Å². The van der Waals surface area contributed by atoms with Gasteiger partial charge in [-0.2, -0.15) is 0 Å². The van der Waals surface area contributed by atoms with E-state index in [0.29, 0.717) is 17.7 Å². The first kappa shape index (κ1) is 15.5. The van der Waals surface area contributed by atoms with Gasteiger partial charge in [0.15, 0.2) is 0 Å². The van der Waals surface area contributed by atoms with Crippen molar-refractivity contribution in [3.8, 4) is 0 Å². The van der Waals surface area contributed by atoms with Gasteiger partial charge in [-0.25, -0.2) is 4.79 Å². The molecule has 0 bridgehead atoms. The summed E-state index contributed by atoms with van der Waals surface area (Å²) >= 11 is 5.78. The van der Waals surface area contributed by atoms with E-state index in [0.717, 1.165) is 0 Å². The molecule has 1 aromatic rings. The smallest absolute Gasteiger partial charge is 0.326 e. The maximum atomic E-state index is 11.7. The summed E-state index contributed by atoms with van der Waals surface area (Å²) in [6.07, 6.45) is 0.503. The van der Waals surface area contributed by atoms with Crippen LogP contribution in [0.2, 0.25) is 5.22 Å². The first-order valence-electron chi connectivity index (χ1n) is 5.95. The standard InChI is InChI=1S/C12H17ClN2O4/c1-6(2)10(12(17)18)14-9(16)5-4-8-7(3)15-19-11(8)13/h6,10H,4-5H2,1-3H3,(H,14,16)(H,17,18)/t10-/m0/s1. The third-order valence-electron chi connectivity index (χ3n) is 2.79. The van der Waals surface area contributed by atoms with Gasteiger partial charge in [0, 0.05) is 12.0 Å². The SMILES string of the molecule is Cc1noc(Cl)c1CCC(=O)N[C@H](C(=O)O)C(C)C. The number of carboxylic acid groups (broad SMARTS) is 1. The van der Waals surface area contributed by atoms with Gasteiger partial charge in [0.1, 0.15) is 6.04 Å². The zero-order chi connectivity index (χ0) is 14.6. The van der Waals surface area contributed by atoms with Crippen LogP contribution in [0, 0.1) is 12.8 Å². The van der Waals surface area contributed by atoms with Crippen LogP contribution < -0.4 is 5.32 Å². The fraction of sp³-hybridized carbons (Fsp3) is 0.583. The highest BCUT2D eigenvalue weighted by Gasteiger charge is 2.23. The number of aryl methyl sites for hydroxylation is 1. The van der Waals surface area contributed by atoms with Crippen molar-refractivity contribution in [2.75, 3.05) is 0 Å². The maximum Gasteiger partial charge on any atom is 0.326 e. The van der Waals surface area contributed by atoms with Gasteiger partial charge in [0.05, 0.1) is 5.69 Å². The van der Waals surface area contributed by atoms with Crippen LogP contribution in [0.5, 0.6) is 0 Å². The van der Waals surface area contributed by atoms with Crippen LogP contribution in [0.4, 0.5) is 0 Å². The van der Waals surface area contributed by atoms with Crippen molar-refractivity contribution < 1.29 is 19.2 Å². The van der Waals surface area contributed by atoms with Crippen molar-refractivity contribution in [2.24, 2.45) is 5.92 Å². The highest BCUT2D eigenvalue weighted by molar-refractivity contribution is 6.29. The molecule has 1 rings (SSSR count). The molecule has 0 spiro atoms. The van der Waals surface area contributed by atoms with Crippen LogP contribution in [0.3, 0.4) is 0 Å². The van der Waals surface area contributed by atoms with Crippen LogP contribution in [-0.4, -0.2) is 28.2 Å². The number of rotatable bonds is 6. The monoisotopic (exact) mass is 288 g/mol. The molecule has 7 heteroatoms. The van der Waals surface area contributed by atoms with Gasteiger partial charge in [-0.15, -0.1) is 0 Å². The second kappa shape index (κ2) is 6.56. The van der Waals surface area contributed by atoms with E-state index in [1.165, 1.54) is 0 Å². The molecule has 0 aliphatic rings. The number of carbonyl (C=O) groups is 2. The first-order valence-corrected chi connectivity index (χ1v) is 6.33. The maximum absolute atomic E-state index is 11.7. The molecular formula is C12H17ClN2O4. The molecule has 1 aromatic heterocycles. The van der Waals surface area contributed by atoms with E-state index in [1.807, 2.05) is 0 Å². The summed E-state index contributed by atoms with van der Waals surface area (Å²) in [6.45, 7) is 5.21. The molecule has 6 nitrogen and oxygen atoms in total. The Bertz CT molecular complexity index is 451. The minimum atomic E-state index is -1.04. The number of nitrogens with zero attached hydrogens (tertiary/aromatic N) is 1. The van der Waals surface area contributed by atoms with Crippen molar-refractivity contribution in [1.29, 1.82) is 0 Å². The Morgan fingerprint density at radius 1 is 1.47 bits per heavy atom. The molecule has 0 aliphatic heterocycles. The predicted octanol–water partition coefficient (Wildman–Crippen LogP) is 1.79. The van der Waals surface area contributed by atoms with Crippen LogP contribution >= 0.6 is 11.6 Å². The average molecular weight is 289 g/mol. The molecule has 2 N–H and O–H groups in total. The number of aliphatic carboxylic acids is 1. The lowest BCUT2D eigenvalue weighted by Gasteiger charge is -2.17. The summed E-state index contributed by atoms with van der Waals surface area (Å²) in [4.78, 5) is 22.7. The van der Waals surface area contributed by atoms with E-state index in [4.69, 9.17) is 21.2 Å². The minimum absolute atomic E-state index is 0.137. The lowest BCUT2D eigenvalue weighted by molar-refractivity contribution is -0.143. The second-order valence-corrected chi connectivity index (χ2v) is 4.99. The van der Waals surface area contributed by atoms with Crippen molar-refractivity contribution in [2.45, 2.75) is 39.7 Å². The number of carboxylic acids is 1. The summed E-state index contributed by atoms with van der Waals surface area (Å²) in [5, 5.41) is 15.3. The number of halogens is 1. The molecule has 0 radical (unpaired) electrons. The molecule has 0 unspecified atom stereocenters. The Labute approximate surface area is 116 Å². The van der Waals surface area contributed by atoms with Gasteiger partial charge in [-0.3, -0.25) is 4.79 Å². The molecule has 1 amide bonds. The molecule has 106 valence electrons. The zero-order valence-electron chi connectivity index (χ0n) is 11.1. The number of aromatic nitrogens is 1. The van der Waals surface area contributed by atoms with Gasteiger partial charge in [0.25, 0.3) is 0 Å². The number of hydrogen-bond acceptors (Lipinski definition) is 4. The molecule has 0 fully saturated rings. The van der Waals surface area contributed by atoms with Crippen LogP contribution in [0.15, 0.2) is 4.52 Å². The topological polar surface area (TPSA) is 92.4 Å². The van der Waals surface area contributed by atoms with E-state index < -0.39 is 12.0 Å². The van der Waals surface area contributed by atoms with Gasteiger partial charge in [-0.05, 0) is 30.9 Å². The molecule has 0 saturated heterocycles. The van der Waals surface area contributed by atoms with Crippen LogP contribution in [0.1, 0.15) is 31.5 Å². The van der Waals surface area contributed by atoms with Gasteiger partial charge in [0.2, 0.25) is 11.1 Å². The first-order chi connectivity index (χ1) is 8.82. The van der Waals surface area contributed by atoms with Crippen molar-refractivity contribution in [3.05, 3.63) is 16.5 Å². The van der Waals surface area contributed by atoms with E-state index in [-0.39, 0.29) is 23.5 Å². The highest BCUT2D eigenvalue weighted by Crippen LogP contribution is 2.20. The number of hydrogen-bond donors (Lipinski definition) is 2. The lowest BCUT2D eigenvalue weighted by atomic mass is 10.0. The van der Waals surface area contributed by atoms with E-state index >= 15 is 0 Å². The summed E-state index contributed by atoms with van der Waals surface area (Å²) in [6, 6.07) is -0.883. The molecule has 1 atom stereocenters. The van der Waals surface area contributed by atoms with Crippen molar-refractivity contribution in [3.63, 3.8) is 0 Å². The molecule has 0 aromatic carbocycles. The fourth-order valence-electron chi connectivity index (χ4n) is 1.64. The van der Waals surface area contributed by atoms with Gasteiger partial charge in [-0.1, -0.05) is 19.0 Å². The molecule has 1 heterocycles. The molecule has 0 saturated carbocycles. The quantitative estimate of drug-likeness (QED) is 0.832. The zero-order valence-corrected chi connectivity index (χ0v) is 11.8. The Balaban J connectivity index is 2.54. The summed E-state index contributed by atoms with van der Waals surface area (Å²) < 4.78 is 4.77. The van der Waals surface area contributed by atoms with Gasteiger partial charge >= 0.3 is 5.97 Å². The van der Waals surface area contributed by atoms with Crippen LogP contribution in [0.25, 0.3) is 0 Å². The summed E-state index contributed by atoms with van der Waals surface area (Å²) in [5.41, 5.74) is 1.31. The van der Waals surface area contributed by atoms with Crippen molar-refractivity contribution in [1.82, 2.24) is 10.5 Å². The minimum Gasteiger partial charge on any atom is -0.480 e. The van der Waals surface area contributed by atoms with E-state index in [2.05, 4.69) is 10.5 Å². The molecule has 19 heavy (non-hydrogen) atoms. The lowest BCUT2D eigenvalue weighted by Crippen LogP contribution is -2.44. The Hall–Kier alpha value is -1.56. The normalized spacial score (nSPS) is 12.5. The fourth-order valence-corrected chi connectivity index (χ4v) is 1.90. The third-order valence-corrected chi connectivity index (χ3v) is 3.09. The largest absolute Gasteiger partial charge is 0.480 e. The Morgan fingerprint density at radius 2 is 2.11 bits per heavy atom. The predicted molar refractivity (Wildman–Crippen MR) is 69.0 cm³/mol. The highest BCUT2D eigenvalue weighted by atomic mass is 35.5. The number of carbonyl (C=O) groups excluding carboxylic acids is 1. The second-order valence-electron chi connectivity index (χ2n) is 4.65. The Kier molecular flexibility index (Phi) is 5.35.